The molecular formula is C16H19F3N2O. The van der Waals surface area contributed by atoms with Crippen molar-refractivity contribution >= 4 is 11.6 Å². The third kappa shape index (κ3) is 2.55. The molecule has 2 fully saturated rings. The van der Waals surface area contributed by atoms with E-state index in [1.807, 2.05) is 4.90 Å². The molecule has 3 nitrogen and oxygen atoms in total. The van der Waals surface area contributed by atoms with Crippen molar-refractivity contribution in [3.05, 3.63) is 29.6 Å². The number of alkyl halides is 2. The minimum atomic E-state index is -3.05. The zero-order valence-corrected chi connectivity index (χ0v) is 12.5. The summed E-state index contributed by atoms with van der Waals surface area (Å²) in [6.45, 7) is 2.58. The highest BCUT2D eigenvalue weighted by Crippen LogP contribution is 2.40. The molecule has 2 aliphatic heterocycles. The minimum Gasteiger partial charge on any atom is -0.369 e. The number of carbonyl (C=O) groups excluding carboxylic acids is 1. The van der Waals surface area contributed by atoms with Crippen LogP contribution in [0.2, 0.25) is 0 Å². The third-order valence-electron chi connectivity index (χ3n) is 4.89. The van der Waals surface area contributed by atoms with E-state index in [1.165, 1.54) is 12.1 Å². The lowest BCUT2D eigenvalue weighted by Gasteiger charge is -2.38. The fraction of sp³-hybridized carbons (Fsp3) is 0.562. The zero-order valence-electron chi connectivity index (χ0n) is 12.5. The highest BCUT2D eigenvalue weighted by molar-refractivity contribution is 5.85. The maximum atomic E-state index is 14.2. The molecule has 0 aliphatic carbocycles. The Labute approximate surface area is 127 Å². The Morgan fingerprint density at radius 1 is 1.23 bits per heavy atom. The van der Waals surface area contributed by atoms with Crippen LogP contribution in [0.5, 0.6) is 0 Å². The van der Waals surface area contributed by atoms with Gasteiger partial charge in [-0.1, -0.05) is 6.07 Å². The first-order valence-electron chi connectivity index (χ1n) is 7.53. The molecule has 2 heterocycles. The van der Waals surface area contributed by atoms with Crippen LogP contribution in [0.1, 0.15) is 31.7 Å². The number of nitrogens with one attached hydrogen (secondary N) is 1. The number of rotatable bonds is 2. The van der Waals surface area contributed by atoms with Crippen molar-refractivity contribution in [2.45, 2.75) is 32.1 Å². The Morgan fingerprint density at radius 3 is 2.41 bits per heavy atom. The first kappa shape index (κ1) is 15.2. The molecule has 0 unspecified atom stereocenters. The second kappa shape index (κ2) is 5.18. The summed E-state index contributed by atoms with van der Waals surface area (Å²) in [6, 6.07) is 3.59. The van der Waals surface area contributed by atoms with Gasteiger partial charge in [-0.15, -0.1) is 0 Å². The highest BCUT2D eigenvalue weighted by atomic mass is 19.3. The van der Waals surface area contributed by atoms with Crippen molar-refractivity contribution in [2.75, 3.05) is 24.5 Å². The van der Waals surface area contributed by atoms with Crippen molar-refractivity contribution in [1.29, 1.82) is 0 Å². The molecule has 6 heteroatoms. The molecule has 1 aromatic rings. The molecule has 2 aliphatic rings. The van der Waals surface area contributed by atoms with E-state index in [4.69, 9.17) is 0 Å². The molecule has 0 radical (unpaired) electrons. The number of amides is 1. The first-order valence-corrected chi connectivity index (χ1v) is 7.53. The molecular weight excluding hydrogens is 293 g/mol. The van der Waals surface area contributed by atoms with Crippen molar-refractivity contribution < 1.29 is 18.0 Å². The molecule has 1 aromatic carbocycles. The Hall–Kier alpha value is -1.72. The predicted molar refractivity (Wildman–Crippen MR) is 77.5 cm³/mol. The van der Waals surface area contributed by atoms with Gasteiger partial charge in [0.15, 0.2) is 0 Å². The summed E-state index contributed by atoms with van der Waals surface area (Å²) < 4.78 is 40.6. The predicted octanol–water partition coefficient (Wildman–Crippen LogP) is 3.04. The van der Waals surface area contributed by atoms with Gasteiger partial charge >= 0.3 is 0 Å². The van der Waals surface area contributed by atoms with E-state index >= 15 is 0 Å². The van der Waals surface area contributed by atoms with E-state index in [9.17, 15) is 18.0 Å². The van der Waals surface area contributed by atoms with Gasteiger partial charge in [0.25, 0.3) is 5.92 Å². The lowest BCUT2D eigenvalue weighted by atomic mass is 9.77. The average molecular weight is 312 g/mol. The quantitative estimate of drug-likeness (QED) is 0.910. The van der Waals surface area contributed by atoms with E-state index in [-0.39, 0.29) is 16.9 Å². The number of carbonyl (C=O) groups is 1. The van der Waals surface area contributed by atoms with Gasteiger partial charge in [0, 0.05) is 32.1 Å². The SMILES string of the molecule is CC(F)(F)c1ccc(N2CCC3(CCNC3=O)CC2)c(F)c1. The second-order valence-corrected chi connectivity index (χ2v) is 6.33. The van der Waals surface area contributed by atoms with Gasteiger partial charge in [-0.25, -0.2) is 13.2 Å². The van der Waals surface area contributed by atoms with Crippen LogP contribution in [-0.4, -0.2) is 25.5 Å². The fourth-order valence-corrected chi connectivity index (χ4v) is 3.41. The fourth-order valence-electron chi connectivity index (χ4n) is 3.41. The largest absolute Gasteiger partial charge is 0.369 e. The topological polar surface area (TPSA) is 32.3 Å². The van der Waals surface area contributed by atoms with Gasteiger partial charge < -0.3 is 10.2 Å². The van der Waals surface area contributed by atoms with Crippen molar-refractivity contribution in [2.24, 2.45) is 5.41 Å². The second-order valence-electron chi connectivity index (χ2n) is 6.33. The molecule has 2 saturated heterocycles. The summed E-state index contributed by atoms with van der Waals surface area (Å²) in [4.78, 5) is 13.8. The number of nitrogens with zero attached hydrogens (tertiary/aromatic N) is 1. The van der Waals surface area contributed by atoms with Crippen LogP contribution in [0.4, 0.5) is 18.9 Å². The first-order chi connectivity index (χ1) is 10.3. The Bertz CT molecular complexity index is 590. The molecule has 0 saturated carbocycles. The van der Waals surface area contributed by atoms with Crippen LogP contribution in [-0.2, 0) is 10.7 Å². The van der Waals surface area contributed by atoms with Crippen LogP contribution in [0, 0.1) is 11.2 Å². The van der Waals surface area contributed by atoms with Gasteiger partial charge in [0.1, 0.15) is 5.82 Å². The molecule has 3 rings (SSSR count). The normalized spacial score (nSPS) is 21.3. The molecule has 0 atom stereocenters. The molecule has 120 valence electrons. The summed E-state index contributed by atoms with van der Waals surface area (Å²) in [5.74, 6) is -3.59. The number of halogens is 3. The Morgan fingerprint density at radius 2 is 1.91 bits per heavy atom. The maximum Gasteiger partial charge on any atom is 0.270 e. The number of anilines is 1. The van der Waals surface area contributed by atoms with Crippen LogP contribution < -0.4 is 10.2 Å². The summed E-state index contributed by atoms with van der Waals surface area (Å²) >= 11 is 0. The van der Waals surface area contributed by atoms with Gasteiger partial charge in [-0.3, -0.25) is 4.79 Å². The van der Waals surface area contributed by atoms with Crippen LogP contribution in [0.15, 0.2) is 18.2 Å². The van der Waals surface area contributed by atoms with Gasteiger partial charge in [-0.2, -0.15) is 0 Å². The van der Waals surface area contributed by atoms with E-state index in [0.717, 1.165) is 19.4 Å². The molecule has 0 aromatic heterocycles. The monoisotopic (exact) mass is 312 g/mol. The van der Waals surface area contributed by atoms with Crippen LogP contribution in [0.25, 0.3) is 0 Å². The van der Waals surface area contributed by atoms with E-state index in [2.05, 4.69) is 5.32 Å². The molecule has 0 bridgehead atoms. The average Bonchev–Trinajstić information content (AvgIpc) is 2.80. The van der Waals surface area contributed by atoms with Crippen molar-refractivity contribution in [3.8, 4) is 0 Å². The van der Waals surface area contributed by atoms with Crippen molar-refractivity contribution in [3.63, 3.8) is 0 Å². The lowest BCUT2D eigenvalue weighted by molar-refractivity contribution is -0.128. The van der Waals surface area contributed by atoms with Crippen molar-refractivity contribution in [1.82, 2.24) is 5.32 Å². The highest BCUT2D eigenvalue weighted by Gasteiger charge is 2.44. The Balaban J connectivity index is 1.75. The van der Waals surface area contributed by atoms with Crippen LogP contribution >= 0.6 is 0 Å². The van der Waals surface area contributed by atoms with Gasteiger partial charge in [-0.05, 0) is 31.4 Å². The summed E-state index contributed by atoms with van der Waals surface area (Å²) in [5.41, 5.74) is -0.303. The molecule has 1 spiro atoms. The maximum absolute atomic E-state index is 14.2. The van der Waals surface area contributed by atoms with Gasteiger partial charge in [0.05, 0.1) is 11.1 Å². The third-order valence-corrected chi connectivity index (χ3v) is 4.89. The summed E-state index contributed by atoms with van der Waals surface area (Å²) in [7, 11) is 0. The summed E-state index contributed by atoms with van der Waals surface area (Å²) in [5, 5.41) is 2.86. The van der Waals surface area contributed by atoms with E-state index < -0.39 is 11.7 Å². The number of hydrogen-bond donors (Lipinski definition) is 1. The smallest absolute Gasteiger partial charge is 0.270 e. The molecule has 1 N–H and O–H groups in total. The van der Waals surface area contributed by atoms with E-state index in [1.54, 1.807) is 0 Å². The lowest BCUT2D eigenvalue weighted by Crippen LogP contribution is -2.44. The molecule has 1 amide bonds. The zero-order chi connectivity index (χ0) is 16.0. The van der Waals surface area contributed by atoms with Gasteiger partial charge in [0.2, 0.25) is 5.91 Å². The molecule has 22 heavy (non-hydrogen) atoms. The van der Waals surface area contributed by atoms with Crippen LogP contribution in [0.3, 0.4) is 0 Å². The summed E-state index contributed by atoms with van der Waals surface area (Å²) in [6.07, 6.45) is 2.16. The number of piperidine rings is 1. The standard InChI is InChI=1S/C16H19F3N2O/c1-15(18,19)11-2-3-13(12(17)10-11)21-8-5-16(6-9-21)4-7-20-14(16)22/h2-3,10H,4-9H2,1H3,(H,20,22). The van der Waals surface area contributed by atoms with E-state index in [0.29, 0.717) is 38.2 Å². The minimum absolute atomic E-state index is 0.0913. The number of hydrogen-bond acceptors (Lipinski definition) is 2. The number of benzene rings is 1. The Kier molecular flexibility index (Phi) is 3.57.